The zero-order chi connectivity index (χ0) is 17.2. The van der Waals surface area contributed by atoms with Crippen molar-refractivity contribution in [3.63, 3.8) is 0 Å². The van der Waals surface area contributed by atoms with Crippen LogP contribution in [0.25, 0.3) is 0 Å². The van der Waals surface area contributed by atoms with E-state index in [4.69, 9.17) is 9.47 Å². The molecular weight excluding hydrogens is 294 g/mol. The number of esters is 1. The first kappa shape index (κ1) is 17.8. The van der Waals surface area contributed by atoms with Gasteiger partial charge in [0.25, 0.3) is 0 Å². The highest BCUT2D eigenvalue weighted by Crippen LogP contribution is 2.42. The number of hydrogen-bond donors (Lipinski definition) is 0. The van der Waals surface area contributed by atoms with Crippen molar-refractivity contribution in [1.82, 2.24) is 4.90 Å². The van der Waals surface area contributed by atoms with Crippen LogP contribution in [0.4, 0.5) is 4.79 Å². The van der Waals surface area contributed by atoms with Crippen LogP contribution in [0.3, 0.4) is 0 Å². The van der Waals surface area contributed by atoms with Gasteiger partial charge in [-0.2, -0.15) is 0 Å². The van der Waals surface area contributed by atoms with Gasteiger partial charge in [-0.25, -0.2) is 4.79 Å². The van der Waals surface area contributed by atoms with E-state index in [2.05, 4.69) is 0 Å². The van der Waals surface area contributed by atoms with Crippen molar-refractivity contribution in [3.05, 3.63) is 11.6 Å². The molecule has 5 heteroatoms. The van der Waals surface area contributed by atoms with Gasteiger partial charge in [-0.05, 0) is 59.3 Å². The van der Waals surface area contributed by atoms with Gasteiger partial charge in [-0.1, -0.05) is 11.6 Å². The van der Waals surface area contributed by atoms with Crippen molar-refractivity contribution in [2.24, 2.45) is 17.8 Å². The first-order chi connectivity index (χ1) is 10.7. The van der Waals surface area contributed by atoms with E-state index in [9.17, 15) is 9.59 Å². The molecule has 130 valence electrons. The lowest BCUT2D eigenvalue weighted by molar-refractivity contribution is -0.145. The molecule has 1 amide bonds. The normalized spacial score (nSPS) is 25.1. The fourth-order valence-corrected chi connectivity index (χ4v) is 3.47. The maximum absolute atomic E-state index is 12.1. The van der Waals surface area contributed by atoms with E-state index in [1.165, 1.54) is 5.57 Å². The summed E-state index contributed by atoms with van der Waals surface area (Å²) < 4.78 is 10.5. The molecule has 1 saturated carbocycles. The predicted molar refractivity (Wildman–Crippen MR) is 87.9 cm³/mol. The van der Waals surface area contributed by atoms with Gasteiger partial charge in [0, 0.05) is 13.1 Å². The Morgan fingerprint density at radius 1 is 1.26 bits per heavy atom. The van der Waals surface area contributed by atoms with E-state index in [1.807, 2.05) is 45.6 Å². The summed E-state index contributed by atoms with van der Waals surface area (Å²) in [5, 5.41) is 0. The summed E-state index contributed by atoms with van der Waals surface area (Å²) in [6.45, 7) is 11.3. The number of amides is 1. The molecule has 0 aromatic heterocycles. The number of allylic oxidation sites excluding steroid dienone is 1. The minimum absolute atomic E-state index is 0.160. The third kappa shape index (κ3) is 4.72. The topological polar surface area (TPSA) is 55.8 Å². The van der Waals surface area contributed by atoms with E-state index in [0.717, 1.165) is 25.9 Å². The van der Waals surface area contributed by atoms with Gasteiger partial charge in [0.2, 0.25) is 0 Å². The van der Waals surface area contributed by atoms with Gasteiger partial charge in [0.1, 0.15) is 5.60 Å². The minimum Gasteiger partial charge on any atom is -0.466 e. The van der Waals surface area contributed by atoms with E-state index in [0.29, 0.717) is 18.4 Å². The predicted octanol–water partition coefficient (Wildman–Crippen LogP) is 3.39. The summed E-state index contributed by atoms with van der Waals surface area (Å²) in [6, 6.07) is 0. The molecule has 23 heavy (non-hydrogen) atoms. The molecule has 0 bridgehead atoms. The average Bonchev–Trinajstić information content (AvgIpc) is 2.94. The van der Waals surface area contributed by atoms with E-state index in [1.54, 1.807) is 0 Å². The number of nitrogens with zero attached hydrogens (tertiary/aromatic N) is 1. The first-order valence-corrected chi connectivity index (χ1v) is 8.53. The summed E-state index contributed by atoms with van der Waals surface area (Å²) >= 11 is 0. The fourth-order valence-electron chi connectivity index (χ4n) is 3.47. The second kappa shape index (κ2) is 6.93. The molecule has 2 rings (SSSR count). The Balaban J connectivity index is 1.87. The first-order valence-electron chi connectivity index (χ1n) is 8.53. The summed E-state index contributed by atoms with van der Waals surface area (Å²) in [7, 11) is 0. The molecule has 1 aliphatic heterocycles. The minimum atomic E-state index is -0.449. The van der Waals surface area contributed by atoms with Gasteiger partial charge < -0.3 is 14.4 Å². The molecule has 0 spiro atoms. The van der Waals surface area contributed by atoms with E-state index >= 15 is 0 Å². The standard InChI is InChI=1S/C18H29NO4/c1-6-22-16(20)12(2)7-13-8-14-10-19(11-15(14)9-13)17(21)23-18(3,4)5/h7,12,14-15H,6,8-11H2,1-5H3. The smallest absolute Gasteiger partial charge is 0.410 e. The molecule has 1 saturated heterocycles. The highest BCUT2D eigenvalue weighted by atomic mass is 16.6. The van der Waals surface area contributed by atoms with Gasteiger partial charge >= 0.3 is 12.1 Å². The monoisotopic (exact) mass is 323 g/mol. The highest BCUT2D eigenvalue weighted by molar-refractivity contribution is 5.74. The maximum Gasteiger partial charge on any atom is 0.410 e. The van der Waals surface area contributed by atoms with E-state index < -0.39 is 5.60 Å². The lowest BCUT2D eigenvalue weighted by atomic mass is 10.0. The van der Waals surface area contributed by atoms with Gasteiger partial charge in [-0.3, -0.25) is 4.79 Å². The molecule has 1 heterocycles. The molecule has 2 aliphatic rings. The quantitative estimate of drug-likeness (QED) is 0.590. The van der Waals surface area contributed by atoms with Crippen molar-refractivity contribution in [3.8, 4) is 0 Å². The molecule has 3 unspecified atom stereocenters. The number of fused-ring (bicyclic) bond motifs is 1. The molecule has 0 aromatic rings. The maximum atomic E-state index is 12.1. The second-order valence-corrected chi connectivity index (χ2v) is 7.68. The van der Waals surface area contributed by atoms with Crippen LogP contribution < -0.4 is 0 Å². The van der Waals surface area contributed by atoms with Crippen molar-refractivity contribution in [1.29, 1.82) is 0 Å². The van der Waals surface area contributed by atoms with Crippen LogP contribution in [0.15, 0.2) is 11.6 Å². The lowest BCUT2D eigenvalue weighted by Crippen LogP contribution is -2.35. The van der Waals surface area contributed by atoms with Gasteiger partial charge in [-0.15, -0.1) is 0 Å². The SMILES string of the molecule is CCOC(=O)C(C)C=C1CC2CN(C(=O)OC(C)(C)C)CC2C1. The number of rotatable bonds is 3. The van der Waals surface area contributed by atoms with Crippen LogP contribution in [0.5, 0.6) is 0 Å². The van der Waals surface area contributed by atoms with Crippen molar-refractivity contribution >= 4 is 12.1 Å². The van der Waals surface area contributed by atoms with Crippen LogP contribution in [0.2, 0.25) is 0 Å². The lowest BCUT2D eigenvalue weighted by Gasteiger charge is -2.25. The number of ether oxygens (including phenoxy) is 2. The Hall–Kier alpha value is -1.52. The molecule has 0 radical (unpaired) electrons. The van der Waals surface area contributed by atoms with Crippen molar-refractivity contribution < 1.29 is 19.1 Å². The van der Waals surface area contributed by atoms with Crippen LogP contribution in [0, 0.1) is 17.8 Å². The van der Waals surface area contributed by atoms with E-state index in [-0.39, 0.29) is 18.0 Å². The zero-order valence-electron chi connectivity index (χ0n) is 14.9. The van der Waals surface area contributed by atoms with Crippen LogP contribution >= 0.6 is 0 Å². The molecule has 0 aromatic carbocycles. The van der Waals surface area contributed by atoms with Gasteiger partial charge in [0.15, 0.2) is 0 Å². The Kier molecular flexibility index (Phi) is 5.37. The number of carbonyl (C=O) groups excluding carboxylic acids is 2. The highest BCUT2D eigenvalue weighted by Gasteiger charge is 2.41. The Morgan fingerprint density at radius 3 is 2.30 bits per heavy atom. The molecule has 0 N–H and O–H groups in total. The van der Waals surface area contributed by atoms with Gasteiger partial charge in [0.05, 0.1) is 12.5 Å². The number of hydrogen-bond acceptors (Lipinski definition) is 4. The summed E-state index contributed by atoms with van der Waals surface area (Å²) in [5.74, 6) is 0.629. The van der Waals surface area contributed by atoms with Crippen LogP contribution in [-0.4, -0.2) is 42.3 Å². The molecular formula is C18H29NO4. The Bertz CT molecular complexity index is 476. The molecule has 1 aliphatic carbocycles. The Labute approximate surface area is 139 Å². The summed E-state index contributed by atoms with van der Waals surface area (Å²) in [5.41, 5.74) is 0.874. The third-order valence-electron chi connectivity index (χ3n) is 4.42. The van der Waals surface area contributed by atoms with Crippen molar-refractivity contribution in [2.75, 3.05) is 19.7 Å². The molecule has 5 nitrogen and oxygen atoms in total. The largest absolute Gasteiger partial charge is 0.466 e. The number of likely N-dealkylation sites (tertiary alicyclic amines) is 1. The Morgan fingerprint density at radius 2 is 1.83 bits per heavy atom. The van der Waals surface area contributed by atoms with Crippen LogP contribution in [0.1, 0.15) is 47.5 Å². The number of carbonyl (C=O) groups is 2. The fraction of sp³-hybridized carbons (Fsp3) is 0.778. The second-order valence-electron chi connectivity index (χ2n) is 7.68. The third-order valence-corrected chi connectivity index (χ3v) is 4.42. The summed E-state index contributed by atoms with van der Waals surface area (Å²) in [6.07, 6.45) is 3.77. The van der Waals surface area contributed by atoms with Crippen molar-refractivity contribution in [2.45, 2.75) is 53.1 Å². The average molecular weight is 323 g/mol. The van der Waals surface area contributed by atoms with Crippen LogP contribution in [-0.2, 0) is 14.3 Å². The summed E-state index contributed by atoms with van der Waals surface area (Å²) in [4.78, 5) is 25.7. The molecule has 3 atom stereocenters. The zero-order valence-corrected chi connectivity index (χ0v) is 14.9. The molecule has 2 fully saturated rings.